The summed E-state index contributed by atoms with van der Waals surface area (Å²) in [5.41, 5.74) is 2.17. The molecule has 0 aliphatic carbocycles. The van der Waals surface area contributed by atoms with Gasteiger partial charge in [-0.3, -0.25) is 9.59 Å². The second-order valence-corrected chi connectivity index (χ2v) is 10.4. The molecule has 0 saturated heterocycles. The highest BCUT2D eigenvalue weighted by atomic mass is 32.2. The lowest BCUT2D eigenvalue weighted by molar-refractivity contribution is -0.120. The van der Waals surface area contributed by atoms with Crippen LogP contribution < -0.4 is 10.6 Å². The van der Waals surface area contributed by atoms with Gasteiger partial charge in [-0.05, 0) is 47.2 Å². The van der Waals surface area contributed by atoms with E-state index >= 15 is 0 Å². The third-order valence-corrected chi connectivity index (χ3v) is 8.11. The van der Waals surface area contributed by atoms with Crippen LogP contribution in [0.15, 0.2) is 70.9 Å². The summed E-state index contributed by atoms with van der Waals surface area (Å²) < 4.78 is 27.7. The Kier molecular flexibility index (Phi) is 6.69. The van der Waals surface area contributed by atoms with Crippen molar-refractivity contribution in [3.05, 3.63) is 87.6 Å². The molecule has 1 aliphatic heterocycles. The Morgan fingerprint density at radius 3 is 2.62 bits per heavy atom. The van der Waals surface area contributed by atoms with Crippen LogP contribution in [0.3, 0.4) is 0 Å². The van der Waals surface area contributed by atoms with Crippen molar-refractivity contribution in [2.45, 2.75) is 24.4 Å². The summed E-state index contributed by atoms with van der Waals surface area (Å²) in [5, 5.41) is 7.25. The molecule has 0 saturated carbocycles. The fourth-order valence-corrected chi connectivity index (χ4v) is 5.85. The average Bonchev–Trinajstić information content (AvgIpc) is 3.30. The van der Waals surface area contributed by atoms with Crippen molar-refractivity contribution >= 4 is 33.2 Å². The van der Waals surface area contributed by atoms with Crippen LogP contribution >= 0.6 is 11.3 Å². The molecule has 166 valence electrons. The van der Waals surface area contributed by atoms with E-state index in [1.807, 2.05) is 41.8 Å². The molecule has 0 bridgehead atoms. The minimum Gasteiger partial charge on any atom is -0.350 e. The Labute approximate surface area is 191 Å². The smallest absolute Gasteiger partial charge is 0.251 e. The third kappa shape index (κ3) is 5.07. The maximum absolute atomic E-state index is 13.1. The lowest BCUT2D eigenvalue weighted by atomic mass is 10.1. The van der Waals surface area contributed by atoms with E-state index in [2.05, 4.69) is 10.6 Å². The Balaban J connectivity index is 1.37. The van der Waals surface area contributed by atoms with E-state index in [0.29, 0.717) is 26.1 Å². The predicted molar refractivity (Wildman–Crippen MR) is 123 cm³/mol. The molecule has 1 aromatic heterocycles. The van der Waals surface area contributed by atoms with Gasteiger partial charge in [-0.25, -0.2) is 8.42 Å². The summed E-state index contributed by atoms with van der Waals surface area (Å²) in [7, 11) is -3.73. The van der Waals surface area contributed by atoms with Gasteiger partial charge in [0.05, 0.1) is 11.4 Å². The van der Waals surface area contributed by atoms with E-state index < -0.39 is 15.9 Å². The number of amides is 2. The molecule has 2 aromatic carbocycles. The van der Waals surface area contributed by atoms with Crippen LogP contribution in [0.1, 0.15) is 26.4 Å². The summed E-state index contributed by atoms with van der Waals surface area (Å²) in [6, 6.07) is 17.3. The first-order valence-electron chi connectivity index (χ1n) is 10.2. The highest BCUT2D eigenvalue weighted by molar-refractivity contribution is 7.89. The Hall–Kier alpha value is -3.01. The van der Waals surface area contributed by atoms with Gasteiger partial charge in [0.2, 0.25) is 15.9 Å². The molecule has 0 radical (unpaired) electrons. The first-order chi connectivity index (χ1) is 15.4. The lowest BCUT2D eigenvalue weighted by Crippen LogP contribution is -2.37. The van der Waals surface area contributed by atoms with Gasteiger partial charge in [-0.1, -0.05) is 36.4 Å². The number of thiophene rings is 1. The largest absolute Gasteiger partial charge is 0.350 e. The topological polar surface area (TPSA) is 95.6 Å². The van der Waals surface area contributed by atoms with Gasteiger partial charge in [0.25, 0.3) is 5.91 Å². The maximum atomic E-state index is 13.1. The van der Waals surface area contributed by atoms with E-state index in [-0.39, 0.29) is 22.9 Å². The molecule has 2 N–H and O–H groups in total. The van der Waals surface area contributed by atoms with Crippen LogP contribution in [0.5, 0.6) is 0 Å². The Bertz CT molecular complexity index is 1220. The normalized spacial score (nSPS) is 13.9. The molecule has 32 heavy (non-hydrogen) atoms. The quantitative estimate of drug-likeness (QED) is 0.556. The first-order valence-corrected chi connectivity index (χ1v) is 12.5. The molecule has 0 fully saturated rings. The zero-order valence-electron chi connectivity index (χ0n) is 17.3. The molecule has 9 heteroatoms. The summed E-state index contributed by atoms with van der Waals surface area (Å²) in [4.78, 5) is 25.8. The number of benzene rings is 2. The third-order valence-electron chi connectivity index (χ3n) is 5.25. The maximum Gasteiger partial charge on any atom is 0.251 e. The van der Waals surface area contributed by atoms with Crippen molar-refractivity contribution in [2.75, 3.05) is 13.1 Å². The second-order valence-electron chi connectivity index (χ2n) is 7.43. The monoisotopic (exact) mass is 469 g/mol. The van der Waals surface area contributed by atoms with Crippen molar-refractivity contribution < 1.29 is 18.0 Å². The van der Waals surface area contributed by atoms with Gasteiger partial charge in [-0.2, -0.15) is 4.31 Å². The SMILES string of the molecule is O=C(CNC(=O)c1cccc(S(=O)(=O)N2CCc3sccc3C2)c1)NCc1ccccc1. The Morgan fingerprint density at radius 2 is 1.81 bits per heavy atom. The van der Waals surface area contributed by atoms with E-state index in [0.717, 1.165) is 11.1 Å². The molecule has 0 unspecified atom stereocenters. The number of nitrogens with one attached hydrogen (secondary N) is 2. The molecular weight excluding hydrogens is 446 g/mol. The number of fused-ring (bicyclic) bond motifs is 1. The zero-order chi connectivity index (χ0) is 22.6. The van der Waals surface area contributed by atoms with Gasteiger partial charge in [0, 0.05) is 30.1 Å². The van der Waals surface area contributed by atoms with Gasteiger partial charge in [0.15, 0.2) is 0 Å². The average molecular weight is 470 g/mol. The highest BCUT2D eigenvalue weighted by Crippen LogP contribution is 2.28. The number of nitrogens with zero attached hydrogens (tertiary/aromatic N) is 1. The lowest BCUT2D eigenvalue weighted by Gasteiger charge is -2.26. The fourth-order valence-electron chi connectivity index (χ4n) is 3.50. The minimum absolute atomic E-state index is 0.0670. The van der Waals surface area contributed by atoms with Gasteiger partial charge < -0.3 is 10.6 Å². The number of hydrogen-bond acceptors (Lipinski definition) is 5. The summed E-state index contributed by atoms with van der Waals surface area (Å²) >= 11 is 1.64. The van der Waals surface area contributed by atoms with Crippen LogP contribution in [0.25, 0.3) is 0 Å². The Morgan fingerprint density at radius 1 is 1.00 bits per heavy atom. The number of rotatable bonds is 7. The molecular formula is C23H23N3O4S2. The van der Waals surface area contributed by atoms with Crippen LogP contribution in [-0.2, 0) is 34.3 Å². The standard InChI is InChI=1S/C23H23N3O4S2/c27-22(24-14-17-5-2-1-3-6-17)15-25-23(28)18-7-4-8-20(13-18)32(29,30)26-11-9-21-19(16-26)10-12-31-21/h1-8,10,12-13H,9,11,14-16H2,(H,24,27)(H,25,28). The van der Waals surface area contributed by atoms with Crippen molar-refractivity contribution in [1.29, 1.82) is 0 Å². The van der Waals surface area contributed by atoms with Crippen molar-refractivity contribution in [2.24, 2.45) is 0 Å². The van der Waals surface area contributed by atoms with Gasteiger partial charge >= 0.3 is 0 Å². The van der Waals surface area contributed by atoms with Crippen molar-refractivity contribution in [1.82, 2.24) is 14.9 Å². The van der Waals surface area contributed by atoms with E-state index in [1.54, 1.807) is 11.3 Å². The number of sulfonamides is 1. The van der Waals surface area contributed by atoms with E-state index in [4.69, 9.17) is 0 Å². The number of carbonyl (C=O) groups excluding carboxylic acids is 2. The molecule has 2 heterocycles. The van der Waals surface area contributed by atoms with Crippen LogP contribution in [0.4, 0.5) is 0 Å². The highest BCUT2D eigenvalue weighted by Gasteiger charge is 2.29. The van der Waals surface area contributed by atoms with Crippen LogP contribution in [0.2, 0.25) is 0 Å². The van der Waals surface area contributed by atoms with Crippen LogP contribution in [-0.4, -0.2) is 37.6 Å². The molecule has 3 aromatic rings. The summed E-state index contributed by atoms with van der Waals surface area (Å²) in [6.07, 6.45) is 0.685. The van der Waals surface area contributed by atoms with Crippen molar-refractivity contribution in [3.8, 4) is 0 Å². The number of hydrogen-bond donors (Lipinski definition) is 2. The van der Waals surface area contributed by atoms with Gasteiger partial charge in [-0.15, -0.1) is 11.3 Å². The molecule has 4 rings (SSSR count). The predicted octanol–water partition coefficient (Wildman–Crippen LogP) is 2.54. The number of carbonyl (C=O) groups is 2. The molecule has 0 atom stereocenters. The van der Waals surface area contributed by atoms with E-state index in [1.165, 1.54) is 33.4 Å². The molecule has 2 amide bonds. The second kappa shape index (κ2) is 9.64. The van der Waals surface area contributed by atoms with Crippen molar-refractivity contribution in [3.63, 3.8) is 0 Å². The molecule has 7 nitrogen and oxygen atoms in total. The summed E-state index contributed by atoms with van der Waals surface area (Å²) in [6.45, 7) is 0.910. The minimum atomic E-state index is -3.73. The molecule has 1 aliphatic rings. The zero-order valence-corrected chi connectivity index (χ0v) is 18.9. The van der Waals surface area contributed by atoms with Crippen LogP contribution in [0, 0.1) is 0 Å². The molecule has 0 spiro atoms. The fraction of sp³-hybridized carbons (Fsp3) is 0.217. The first kappa shape index (κ1) is 22.2. The summed E-state index contributed by atoms with van der Waals surface area (Å²) in [5.74, 6) is -0.832. The van der Waals surface area contributed by atoms with E-state index in [9.17, 15) is 18.0 Å². The van der Waals surface area contributed by atoms with Gasteiger partial charge in [0.1, 0.15) is 0 Å².